The predicted octanol–water partition coefficient (Wildman–Crippen LogP) is 2.64. The van der Waals surface area contributed by atoms with Crippen molar-refractivity contribution >= 4 is 5.69 Å². The molecule has 1 aromatic heterocycles. The van der Waals surface area contributed by atoms with E-state index in [4.69, 9.17) is 15.7 Å². The Kier molecular flexibility index (Phi) is 3.76. The molecule has 0 aliphatic heterocycles. The number of nitrogens with zero attached hydrogens (tertiary/aromatic N) is 2. The molecule has 4 nitrogen and oxygen atoms in total. The van der Waals surface area contributed by atoms with Crippen molar-refractivity contribution in [3.8, 4) is 11.8 Å². The minimum Gasteiger partial charge on any atom is -0.492 e. The number of aromatic nitrogens is 1. The van der Waals surface area contributed by atoms with Gasteiger partial charge in [0.15, 0.2) is 0 Å². The number of hydrogen-bond donors (Lipinski definition) is 1. The molecule has 0 bridgehead atoms. The number of benzene rings is 1. The Labute approximate surface area is 113 Å². The lowest BCUT2D eigenvalue weighted by atomic mass is 10.2. The highest BCUT2D eigenvalue weighted by molar-refractivity contribution is 5.49. The summed E-state index contributed by atoms with van der Waals surface area (Å²) >= 11 is 0. The third kappa shape index (κ3) is 2.89. The van der Waals surface area contributed by atoms with Gasteiger partial charge in [-0.05, 0) is 32.0 Å². The average molecular weight is 255 g/mol. The second-order valence-corrected chi connectivity index (χ2v) is 4.50. The van der Waals surface area contributed by atoms with Gasteiger partial charge in [0, 0.05) is 5.69 Å². The number of rotatable bonds is 4. The number of nitrogens with two attached hydrogens (primary N) is 1. The summed E-state index contributed by atoms with van der Waals surface area (Å²) in [6, 6.07) is 11.7. The lowest BCUT2D eigenvalue weighted by Gasteiger charge is -2.10. The molecule has 0 saturated heterocycles. The number of nitriles is 1. The quantitative estimate of drug-likeness (QED) is 0.913. The van der Waals surface area contributed by atoms with Crippen LogP contribution in [0, 0.1) is 25.2 Å². The molecule has 1 aromatic carbocycles. The van der Waals surface area contributed by atoms with Crippen molar-refractivity contribution in [1.29, 1.82) is 5.26 Å². The molecular formula is C15H17N3O. The van der Waals surface area contributed by atoms with E-state index >= 15 is 0 Å². The molecule has 0 aliphatic rings. The minimum absolute atomic E-state index is 0.507. The number of nitrogen functional groups attached to an aromatic ring is 1. The van der Waals surface area contributed by atoms with Crippen molar-refractivity contribution < 1.29 is 4.74 Å². The second-order valence-electron chi connectivity index (χ2n) is 4.50. The fraction of sp³-hybridized carbons (Fsp3) is 0.267. The number of anilines is 1. The fourth-order valence-electron chi connectivity index (χ4n) is 1.94. The van der Waals surface area contributed by atoms with Crippen molar-refractivity contribution in [3.63, 3.8) is 0 Å². The summed E-state index contributed by atoms with van der Waals surface area (Å²) in [6.07, 6.45) is 0. The predicted molar refractivity (Wildman–Crippen MR) is 75.0 cm³/mol. The Morgan fingerprint density at radius 3 is 2.58 bits per heavy atom. The summed E-state index contributed by atoms with van der Waals surface area (Å²) in [4.78, 5) is 0. The van der Waals surface area contributed by atoms with Crippen LogP contribution in [0.4, 0.5) is 5.69 Å². The first-order valence-corrected chi connectivity index (χ1v) is 6.17. The highest BCUT2D eigenvalue weighted by atomic mass is 16.5. The first-order valence-electron chi connectivity index (χ1n) is 6.17. The molecule has 1 heterocycles. The van der Waals surface area contributed by atoms with Gasteiger partial charge < -0.3 is 15.0 Å². The molecule has 0 unspecified atom stereocenters. The Morgan fingerprint density at radius 1 is 1.26 bits per heavy atom. The largest absolute Gasteiger partial charge is 0.492 e. The van der Waals surface area contributed by atoms with E-state index < -0.39 is 0 Å². The van der Waals surface area contributed by atoms with Crippen LogP contribution in [0.5, 0.6) is 5.75 Å². The second kappa shape index (κ2) is 5.49. The van der Waals surface area contributed by atoms with Crippen LogP contribution >= 0.6 is 0 Å². The molecular weight excluding hydrogens is 238 g/mol. The third-order valence-electron chi connectivity index (χ3n) is 3.12. The van der Waals surface area contributed by atoms with Crippen LogP contribution < -0.4 is 10.5 Å². The fourth-order valence-corrected chi connectivity index (χ4v) is 1.94. The summed E-state index contributed by atoms with van der Waals surface area (Å²) in [6.45, 7) is 5.06. The van der Waals surface area contributed by atoms with Crippen LogP contribution in [0.3, 0.4) is 0 Å². The van der Waals surface area contributed by atoms with Gasteiger partial charge in [-0.3, -0.25) is 0 Å². The van der Waals surface area contributed by atoms with Gasteiger partial charge in [-0.25, -0.2) is 0 Å². The van der Waals surface area contributed by atoms with E-state index in [9.17, 15) is 0 Å². The zero-order valence-corrected chi connectivity index (χ0v) is 11.2. The van der Waals surface area contributed by atoms with Crippen molar-refractivity contribution in [2.75, 3.05) is 12.3 Å². The Balaban J connectivity index is 2.00. The topological polar surface area (TPSA) is 64.0 Å². The van der Waals surface area contributed by atoms with E-state index in [0.717, 1.165) is 11.4 Å². The lowest BCUT2D eigenvalue weighted by Crippen LogP contribution is -2.11. The maximum Gasteiger partial charge on any atom is 0.122 e. The average Bonchev–Trinajstić information content (AvgIpc) is 2.68. The lowest BCUT2D eigenvalue weighted by molar-refractivity contribution is 0.297. The maximum absolute atomic E-state index is 9.04. The molecule has 0 aliphatic carbocycles. The normalized spacial score (nSPS) is 10.2. The highest BCUT2D eigenvalue weighted by Crippen LogP contribution is 2.17. The van der Waals surface area contributed by atoms with E-state index in [1.807, 2.05) is 42.7 Å². The van der Waals surface area contributed by atoms with Gasteiger partial charge >= 0.3 is 0 Å². The summed E-state index contributed by atoms with van der Waals surface area (Å²) in [5.74, 6) is 0.835. The molecule has 2 N–H and O–H groups in total. The molecule has 2 aromatic rings. The summed E-state index contributed by atoms with van der Waals surface area (Å²) < 4.78 is 7.54. The van der Waals surface area contributed by atoms with Crippen LogP contribution in [-0.2, 0) is 6.54 Å². The standard InChI is InChI=1S/C15H17N3O/c1-11-3-5-14(6-4-11)19-8-7-18-12(2)15(17)9-13(18)10-16/h3-6,9H,7-8,17H2,1-2H3. The molecule has 0 spiro atoms. The number of ether oxygens (including phenoxy) is 1. The molecule has 0 amide bonds. The van der Waals surface area contributed by atoms with Crippen molar-refractivity contribution in [2.45, 2.75) is 20.4 Å². The van der Waals surface area contributed by atoms with Gasteiger partial charge in [0.2, 0.25) is 0 Å². The van der Waals surface area contributed by atoms with Crippen LogP contribution in [0.1, 0.15) is 17.0 Å². The Bertz CT molecular complexity index is 606. The van der Waals surface area contributed by atoms with E-state index in [0.29, 0.717) is 24.5 Å². The molecule has 4 heteroatoms. The molecule has 0 fully saturated rings. The summed E-state index contributed by atoms with van der Waals surface area (Å²) in [7, 11) is 0. The maximum atomic E-state index is 9.04. The van der Waals surface area contributed by atoms with Crippen molar-refractivity contribution in [2.24, 2.45) is 0 Å². The van der Waals surface area contributed by atoms with E-state index in [1.54, 1.807) is 6.07 Å². The van der Waals surface area contributed by atoms with Crippen LogP contribution in [0.15, 0.2) is 30.3 Å². The van der Waals surface area contributed by atoms with E-state index in [2.05, 4.69) is 6.07 Å². The minimum atomic E-state index is 0.507. The van der Waals surface area contributed by atoms with Crippen molar-refractivity contribution in [3.05, 3.63) is 47.3 Å². The van der Waals surface area contributed by atoms with Gasteiger partial charge in [0.1, 0.15) is 24.1 Å². The smallest absolute Gasteiger partial charge is 0.122 e. The Morgan fingerprint density at radius 2 is 1.95 bits per heavy atom. The summed E-state index contributed by atoms with van der Waals surface area (Å²) in [5.41, 5.74) is 9.13. The number of hydrogen-bond acceptors (Lipinski definition) is 3. The first-order chi connectivity index (χ1) is 9.11. The van der Waals surface area contributed by atoms with Crippen LogP contribution in [0.25, 0.3) is 0 Å². The SMILES string of the molecule is Cc1ccc(OCCn2c(C#N)cc(N)c2C)cc1. The van der Waals surface area contributed by atoms with Crippen LogP contribution in [-0.4, -0.2) is 11.2 Å². The van der Waals surface area contributed by atoms with E-state index in [1.165, 1.54) is 5.56 Å². The molecule has 0 saturated carbocycles. The zero-order chi connectivity index (χ0) is 13.8. The van der Waals surface area contributed by atoms with Crippen LogP contribution in [0.2, 0.25) is 0 Å². The summed E-state index contributed by atoms with van der Waals surface area (Å²) in [5, 5.41) is 9.04. The zero-order valence-electron chi connectivity index (χ0n) is 11.2. The first kappa shape index (κ1) is 13.0. The van der Waals surface area contributed by atoms with Gasteiger partial charge in [0.25, 0.3) is 0 Å². The van der Waals surface area contributed by atoms with Gasteiger partial charge in [-0.1, -0.05) is 17.7 Å². The number of aryl methyl sites for hydroxylation is 1. The van der Waals surface area contributed by atoms with Gasteiger partial charge in [0.05, 0.1) is 12.2 Å². The molecule has 19 heavy (non-hydrogen) atoms. The molecule has 0 radical (unpaired) electrons. The van der Waals surface area contributed by atoms with Gasteiger partial charge in [-0.2, -0.15) is 5.26 Å². The third-order valence-corrected chi connectivity index (χ3v) is 3.12. The Hall–Kier alpha value is -2.41. The highest BCUT2D eigenvalue weighted by Gasteiger charge is 2.08. The van der Waals surface area contributed by atoms with Gasteiger partial charge in [-0.15, -0.1) is 0 Å². The van der Waals surface area contributed by atoms with Crippen molar-refractivity contribution in [1.82, 2.24) is 4.57 Å². The van der Waals surface area contributed by atoms with E-state index in [-0.39, 0.29) is 0 Å². The monoisotopic (exact) mass is 255 g/mol. The molecule has 0 atom stereocenters. The molecule has 2 rings (SSSR count). The molecule has 98 valence electrons.